The van der Waals surface area contributed by atoms with Crippen molar-refractivity contribution in [1.82, 2.24) is 0 Å². The first-order valence-electron chi connectivity index (χ1n) is 8.62. The van der Waals surface area contributed by atoms with Gasteiger partial charge in [-0.1, -0.05) is 41.9 Å². The van der Waals surface area contributed by atoms with Crippen LogP contribution in [-0.2, 0) is 9.59 Å². The third-order valence-corrected chi connectivity index (χ3v) is 4.71. The van der Waals surface area contributed by atoms with Crippen molar-refractivity contribution in [1.29, 1.82) is 0 Å². The quantitative estimate of drug-likeness (QED) is 0.615. The van der Waals surface area contributed by atoms with Crippen LogP contribution in [0.1, 0.15) is 5.56 Å². The van der Waals surface area contributed by atoms with Gasteiger partial charge in [-0.3, -0.25) is 9.59 Å². The molecule has 29 heavy (non-hydrogen) atoms. The zero-order valence-corrected chi connectivity index (χ0v) is 15.6. The van der Waals surface area contributed by atoms with Gasteiger partial charge in [0.15, 0.2) is 0 Å². The van der Waals surface area contributed by atoms with Gasteiger partial charge in [-0.25, -0.2) is 13.7 Å². The number of hydrogen-bond acceptors (Lipinski definition) is 3. The molecule has 0 atom stereocenters. The largest absolute Gasteiger partial charge is 0.350 e. The molecule has 0 saturated carbocycles. The molecule has 4 rings (SSSR count). The Bertz CT molecular complexity index is 1150. The van der Waals surface area contributed by atoms with Crippen LogP contribution in [0.25, 0.3) is 5.57 Å². The number of carbonyl (C=O) groups excluding carboxylic acids is 2. The van der Waals surface area contributed by atoms with E-state index in [0.717, 1.165) is 11.0 Å². The fraction of sp³-hybridized carbons (Fsp3) is 0. The second kappa shape index (κ2) is 7.48. The van der Waals surface area contributed by atoms with E-state index in [9.17, 15) is 18.4 Å². The summed E-state index contributed by atoms with van der Waals surface area (Å²) in [5.41, 5.74) is 1.31. The van der Waals surface area contributed by atoms with Gasteiger partial charge in [0.05, 0.1) is 16.3 Å². The summed E-state index contributed by atoms with van der Waals surface area (Å²) < 4.78 is 26.8. The normalized spacial score (nSPS) is 14.0. The molecule has 1 N–H and O–H groups in total. The number of hydrogen-bond donors (Lipinski definition) is 1. The first kappa shape index (κ1) is 18.8. The molecular weight excluding hydrogens is 398 g/mol. The zero-order valence-electron chi connectivity index (χ0n) is 14.8. The van der Waals surface area contributed by atoms with Crippen LogP contribution in [0.2, 0.25) is 5.02 Å². The van der Waals surface area contributed by atoms with E-state index >= 15 is 0 Å². The van der Waals surface area contributed by atoms with E-state index < -0.39 is 23.4 Å². The summed E-state index contributed by atoms with van der Waals surface area (Å²) in [7, 11) is 0. The van der Waals surface area contributed by atoms with Gasteiger partial charge in [0.1, 0.15) is 17.3 Å². The Morgan fingerprint density at radius 3 is 2.17 bits per heavy atom. The fourth-order valence-corrected chi connectivity index (χ4v) is 3.23. The van der Waals surface area contributed by atoms with Crippen LogP contribution in [0.3, 0.4) is 0 Å². The van der Waals surface area contributed by atoms with Crippen molar-refractivity contribution in [3.63, 3.8) is 0 Å². The Kier molecular flexibility index (Phi) is 4.86. The molecule has 144 valence electrons. The Labute approximate surface area is 170 Å². The average molecular weight is 411 g/mol. The fourth-order valence-electron chi connectivity index (χ4n) is 3.05. The van der Waals surface area contributed by atoms with Crippen LogP contribution in [0, 0.1) is 11.6 Å². The van der Waals surface area contributed by atoms with Crippen LogP contribution in [-0.4, -0.2) is 11.8 Å². The summed E-state index contributed by atoms with van der Waals surface area (Å²) in [5, 5.41) is 2.71. The van der Waals surface area contributed by atoms with Crippen molar-refractivity contribution in [3.8, 4) is 0 Å². The van der Waals surface area contributed by atoms with E-state index in [1.165, 1.54) is 36.4 Å². The van der Waals surface area contributed by atoms with E-state index in [0.29, 0.717) is 11.3 Å². The third kappa shape index (κ3) is 3.50. The van der Waals surface area contributed by atoms with Gasteiger partial charge < -0.3 is 5.32 Å². The maximum absolute atomic E-state index is 13.5. The van der Waals surface area contributed by atoms with Gasteiger partial charge in [-0.15, -0.1) is 0 Å². The molecule has 4 nitrogen and oxygen atoms in total. The molecule has 7 heteroatoms. The molecule has 0 saturated heterocycles. The molecule has 0 aromatic heterocycles. The van der Waals surface area contributed by atoms with E-state index in [4.69, 9.17) is 11.6 Å². The van der Waals surface area contributed by atoms with Gasteiger partial charge in [0, 0.05) is 5.69 Å². The molecule has 0 aliphatic carbocycles. The van der Waals surface area contributed by atoms with Crippen molar-refractivity contribution in [2.75, 3.05) is 10.2 Å². The van der Waals surface area contributed by atoms with E-state index in [-0.39, 0.29) is 22.0 Å². The molecule has 2 amide bonds. The number of amides is 2. The van der Waals surface area contributed by atoms with Crippen LogP contribution in [0.4, 0.5) is 20.2 Å². The van der Waals surface area contributed by atoms with E-state index in [1.54, 1.807) is 30.3 Å². The molecule has 0 fully saturated rings. The summed E-state index contributed by atoms with van der Waals surface area (Å²) in [5.74, 6) is -2.28. The SMILES string of the molecule is O=C1C(Nc2ccc(F)cc2)=C(c2ccccc2)C(=O)N1c1ccc(F)c(Cl)c1. The number of nitrogens with zero attached hydrogens (tertiary/aromatic N) is 1. The molecule has 0 spiro atoms. The van der Waals surface area contributed by atoms with E-state index in [1.807, 2.05) is 0 Å². The topological polar surface area (TPSA) is 49.4 Å². The van der Waals surface area contributed by atoms with Gasteiger partial charge in [0.25, 0.3) is 11.8 Å². The monoisotopic (exact) mass is 410 g/mol. The number of imide groups is 1. The van der Waals surface area contributed by atoms with Crippen LogP contribution in [0.5, 0.6) is 0 Å². The van der Waals surface area contributed by atoms with Crippen molar-refractivity contribution in [3.05, 3.63) is 101 Å². The number of rotatable bonds is 4. The Morgan fingerprint density at radius 2 is 1.52 bits per heavy atom. The standard InChI is InChI=1S/C22H13ClF2N2O2/c23-17-12-16(10-11-18(17)25)27-21(28)19(13-4-2-1-3-5-13)20(22(27)29)26-15-8-6-14(24)7-9-15/h1-12,26H. The lowest BCUT2D eigenvalue weighted by molar-refractivity contribution is -0.120. The zero-order chi connectivity index (χ0) is 20.5. The van der Waals surface area contributed by atoms with Crippen molar-refractivity contribution in [2.24, 2.45) is 0 Å². The first-order valence-corrected chi connectivity index (χ1v) is 8.99. The second-order valence-electron chi connectivity index (χ2n) is 6.29. The number of carbonyl (C=O) groups is 2. The molecule has 1 heterocycles. The smallest absolute Gasteiger partial charge is 0.282 e. The molecule has 0 bridgehead atoms. The molecule has 1 aliphatic rings. The van der Waals surface area contributed by atoms with Gasteiger partial charge in [0.2, 0.25) is 0 Å². The minimum Gasteiger partial charge on any atom is -0.350 e. The second-order valence-corrected chi connectivity index (χ2v) is 6.70. The van der Waals surface area contributed by atoms with Crippen molar-refractivity contribution >= 4 is 40.4 Å². The van der Waals surface area contributed by atoms with Gasteiger partial charge in [-0.2, -0.15) is 0 Å². The highest BCUT2D eigenvalue weighted by atomic mass is 35.5. The first-order chi connectivity index (χ1) is 14.0. The summed E-state index contributed by atoms with van der Waals surface area (Å²) in [6, 6.07) is 17.7. The van der Waals surface area contributed by atoms with E-state index in [2.05, 4.69) is 5.32 Å². The number of benzene rings is 3. The molecule has 1 aliphatic heterocycles. The molecular formula is C22H13ClF2N2O2. The van der Waals surface area contributed by atoms with Crippen LogP contribution >= 0.6 is 11.6 Å². The summed E-state index contributed by atoms with van der Waals surface area (Å²) in [6.07, 6.45) is 0. The molecule has 0 radical (unpaired) electrons. The maximum Gasteiger partial charge on any atom is 0.282 e. The lowest BCUT2D eigenvalue weighted by Gasteiger charge is -2.16. The molecule has 0 unspecified atom stereocenters. The Balaban J connectivity index is 1.81. The molecule has 3 aromatic rings. The minimum atomic E-state index is -0.657. The molecule has 3 aromatic carbocycles. The average Bonchev–Trinajstić information content (AvgIpc) is 2.96. The van der Waals surface area contributed by atoms with Gasteiger partial charge >= 0.3 is 0 Å². The predicted octanol–water partition coefficient (Wildman–Crippen LogP) is 5.01. The highest BCUT2D eigenvalue weighted by Crippen LogP contribution is 2.35. The summed E-state index contributed by atoms with van der Waals surface area (Å²) in [4.78, 5) is 27.2. The Morgan fingerprint density at radius 1 is 0.828 bits per heavy atom. The highest BCUT2D eigenvalue weighted by molar-refractivity contribution is 6.46. The third-order valence-electron chi connectivity index (χ3n) is 4.42. The lowest BCUT2D eigenvalue weighted by atomic mass is 10.0. The van der Waals surface area contributed by atoms with Crippen LogP contribution < -0.4 is 10.2 Å². The summed E-state index contributed by atoms with van der Waals surface area (Å²) >= 11 is 5.83. The minimum absolute atomic E-state index is 0.0354. The maximum atomic E-state index is 13.5. The highest BCUT2D eigenvalue weighted by Gasteiger charge is 2.40. The predicted molar refractivity (Wildman–Crippen MR) is 107 cm³/mol. The number of halogens is 3. The lowest BCUT2D eigenvalue weighted by Crippen LogP contribution is -2.32. The summed E-state index contributed by atoms with van der Waals surface area (Å²) in [6.45, 7) is 0. The van der Waals surface area contributed by atoms with Gasteiger partial charge in [-0.05, 0) is 48.0 Å². The number of anilines is 2. The van der Waals surface area contributed by atoms with Crippen LogP contribution in [0.15, 0.2) is 78.5 Å². The number of nitrogens with one attached hydrogen (secondary N) is 1. The van der Waals surface area contributed by atoms with Crippen molar-refractivity contribution in [2.45, 2.75) is 0 Å². The Hall–Kier alpha value is -3.51. The van der Waals surface area contributed by atoms with Crippen molar-refractivity contribution < 1.29 is 18.4 Å².